The van der Waals surface area contributed by atoms with Gasteiger partial charge in [0.05, 0.1) is 0 Å². The van der Waals surface area contributed by atoms with Crippen LogP contribution in [0.1, 0.15) is 27.6 Å². The second kappa shape index (κ2) is 10.0. The average Bonchev–Trinajstić information content (AvgIpc) is 2.77. The minimum Gasteiger partial charge on any atom is -0.355 e. The molecule has 0 radical (unpaired) electrons. The molecule has 3 aromatic rings. The molecule has 6 heteroatoms. The Bertz CT molecular complexity index is 1010. The van der Waals surface area contributed by atoms with E-state index in [0.717, 1.165) is 11.1 Å². The molecule has 0 aliphatic heterocycles. The molecule has 6 nitrogen and oxygen atoms in total. The zero-order chi connectivity index (χ0) is 21.3. The molecule has 0 saturated heterocycles. The summed E-state index contributed by atoms with van der Waals surface area (Å²) in [6.07, 6.45) is 0. The van der Waals surface area contributed by atoms with E-state index in [-0.39, 0.29) is 17.7 Å². The summed E-state index contributed by atoms with van der Waals surface area (Å²) in [4.78, 5) is 35.4. The number of carbonyl (C=O) groups is 3. The third-order valence-electron chi connectivity index (χ3n) is 4.44. The quantitative estimate of drug-likeness (QED) is 0.530. The van der Waals surface area contributed by atoms with Crippen molar-refractivity contribution in [2.75, 3.05) is 18.4 Å². The molecule has 152 valence electrons. The van der Waals surface area contributed by atoms with Crippen LogP contribution in [0, 0.1) is 0 Å². The zero-order valence-electron chi connectivity index (χ0n) is 16.6. The van der Waals surface area contributed by atoms with Gasteiger partial charge in [-0.2, -0.15) is 0 Å². The molecule has 0 fully saturated rings. The van der Waals surface area contributed by atoms with E-state index >= 15 is 0 Å². The fraction of sp³-hybridized carbons (Fsp3) is 0.125. The first-order chi connectivity index (χ1) is 14.5. The fourth-order valence-electron chi connectivity index (χ4n) is 2.87. The van der Waals surface area contributed by atoms with Crippen LogP contribution in [0.4, 0.5) is 5.69 Å². The first kappa shape index (κ1) is 20.8. The summed E-state index contributed by atoms with van der Waals surface area (Å²) in [6.45, 7) is 2.14. The molecule has 0 aliphatic rings. The van der Waals surface area contributed by atoms with Crippen LogP contribution in [0.3, 0.4) is 0 Å². The Morgan fingerprint density at radius 3 is 1.80 bits per heavy atom. The number of nitrogens with one attached hydrogen (secondary N) is 3. The van der Waals surface area contributed by atoms with Gasteiger partial charge in [0, 0.05) is 36.8 Å². The molecule has 30 heavy (non-hydrogen) atoms. The summed E-state index contributed by atoms with van der Waals surface area (Å²) in [7, 11) is 0. The van der Waals surface area contributed by atoms with Crippen LogP contribution in [0.2, 0.25) is 0 Å². The number of carbonyl (C=O) groups excluding carboxylic acids is 3. The van der Waals surface area contributed by atoms with Gasteiger partial charge >= 0.3 is 0 Å². The van der Waals surface area contributed by atoms with Gasteiger partial charge in [0.2, 0.25) is 5.91 Å². The Kier molecular flexibility index (Phi) is 6.95. The smallest absolute Gasteiger partial charge is 0.255 e. The highest BCUT2D eigenvalue weighted by Gasteiger charge is 2.09. The summed E-state index contributed by atoms with van der Waals surface area (Å²) in [5.74, 6) is -0.601. The van der Waals surface area contributed by atoms with Gasteiger partial charge in [0.15, 0.2) is 0 Å². The standard InChI is InChI=1S/C24H23N3O3/c1-17(28)25-15-16-26-23(29)20-11-13-22(14-12-20)27-24(30)21-9-7-19(8-10-21)18-5-3-2-4-6-18/h2-14H,15-16H2,1H3,(H,25,28)(H,26,29)(H,27,30). The van der Waals surface area contributed by atoms with Crippen LogP contribution in [0.5, 0.6) is 0 Å². The molecule has 0 heterocycles. The highest BCUT2D eigenvalue weighted by molar-refractivity contribution is 6.04. The number of rotatable bonds is 7. The van der Waals surface area contributed by atoms with Crippen molar-refractivity contribution in [3.63, 3.8) is 0 Å². The van der Waals surface area contributed by atoms with Gasteiger partial charge in [-0.3, -0.25) is 14.4 Å². The van der Waals surface area contributed by atoms with Crippen molar-refractivity contribution in [1.82, 2.24) is 10.6 Å². The largest absolute Gasteiger partial charge is 0.355 e. The summed E-state index contributed by atoms with van der Waals surface area (Å²) in [6, 6.07) is 24.0. The normalized spacial score (nSPS) is 10.2. The minimum atomic E-state index is -0.241. The highest BCUT2D eigenvalue weighted by Crippen LogP contribution is 2.20. The SMILES string of the molecule is CC(=O)NCCNC(=O)c1ccc(NC(=O)c2ccc(-c3ccccc3)cc2)cc1. The third kappa shape index (κ3) is 5.78. The Hall–Kier alpha value is -3.93. The predicted octanol–water partition coefficient (Wildman–Crippen LogP) is 3.47. The number of amides is 3. The maximum atomic E-state index is 12.5. The van der Waals surface area contributed by atoms with E-state index in [2.05, 4.69) is 16.0 Å². The third-order valence-corrected chi connectivity index (χ3v) is 4.44. The van der Waals surface area contributed by atoms with Crippen LogP contribution in [-0.2, 0) is 4.79 Å². The number of hydrogen-bond donors (Lipinski definition) is 3. The van der Waals surface area contributed by atoms with E-state index in [1.165, 1.54) is 6.92 Å². The minimum absolute atomic E-state index is 0.140. The van der Waals surface area contributed by atoms with Crippen molar-refractivity contribution >= 4 is 23.4 Å². The number of benzene rings is 3. The molecule has 0 atom stereocenters. The molecule has 0 saturated carbocycles. The van der Waals surface area contributed by atoms with E-state index in [1.807, 2.05) is 42.5 Å². The number of hydrogen-bond acceptors (Lipinski definition) is 3. The van der Waals surface area contributed by atoms with E-state index in [4.69, 9.17) is 0 Å². The molecule has 3 aromatic carbocycles. The average molecular weight is 401 g/mol. The van der Waals surface area contributed by atoms with Crippen molar-refractivity contribution in [3.8, 4) is 11.1 Å². The van der Waals surface area contributed by atoms with Gasteiger partial charge in [0.1, 0.15) is 0 Å². The lowest BCUT2D eigenvalue weighted by Gasteiger charge is -2.08. The molecule has 0 unspecified atom stereocenters. The topological polar surface area (TPSA) is 87.3 Å². The molecule has 3 N–H and O–H groups in total. The maximum absolute atomic E-state index is 12.5. The van der Waals surface area contributed by atoms with E-state index in [1.54, 1.807) is 36.4 Å². The van der Waals surface area contributed by atoms with E-state index in [9.17, 15) is 14.4 Å². The lowest BCUT2D eigenvalue weighted by Crippen LogP contribution is -2.33. The van der Waals surface area contributed by atoms with Crippen molar-refractivity contribution in [2.24, 2.45) is 0 Å². The monoisotopic (exact) mass is 401 g/mol. The first-order valence-electron chi connectivity index (χ1n) is 9.62. The van der Waals surface area contributed by atoms with Crippen molar-refractivity contribution in [2.45, 2.75) is 6.92 Å². The lowest BCUT2D eigenvalue weighted by molar-refractivity contribution is -0.118. The second-order valence-electron chi connectivity index (χ2n) is 6.71. The van der Waals surface area contributed by atoms with Crippen molar-refractivity contribution < 1.29 is 14.4 Å². The Balaban J connectivity index is 1.55. The highest BCUT2D eigenvalue weighted by atomic mass is 16.2. The van der Waals surface area contributed by atoms with Crippen molar-refractivity contribution in [3.05, 3.63) is 90.0 Å². The van der Waals surface area contributed by atoms with Gasteiger partial charge in [-0.1, -0.05) is 42.5 Å². The molecular weight excluding hydrogens is 378 g/mol. The van der Waals surface area contributed by atoms with Crippen LogP contribution < -0.4 is 16.0 Å². The van der Waals surface area contributed by atoms with Gasteiger partial charge < -0.3 is 16.0 Å². The summed E-state index contributed by atoms with van der Waals surface area (Å²) >= 11 is 0. The van der Waals surface area contributed by atoms with E-state index in [0.29, 0.717) is 29.9 Å². The van der Waals surface area contributed by atoms with Crippen LogP contribution in [-0.4, -0.2) is 30.8 Å². The Morgan fingerprint density at radius 2 is 1.17 bits per heavy atom. The van der Waals surface area contributed by atoms with Crippen LogP contribution >= 0.6 is 0 Å². The van der Waals surface area contributed by atoms with E-state index < -0.39 is 0 Å². The molecule has 0 spiro atoms. The Morgan fingerprint density at radius 1 is 0.633 bits per heavy atom. The second-order valence-corrected chi connectivity index (χ2v) is 6.71. The fourth-order valence-corrected chi connectivity index (χ4v) is 2.87. The maximum Gasteiger partial charge on any atom is 0.255 e. The first-order valence-corrected chi connectivity index (χ1v) is 9.62. The van der Waals surface area contributed by atoms with Gasteiger partial charge in [-0.25, -0.2) is 0 Å². The summed E-state index contributed by atoms with van der Waals surface area (Å²) in [5, 5.41) is 8.16. The van der Waals surface area contributed by atoms with Crippen molar-refractivity contribution in [1.29, 1.82) is 0 Å². The molecule has 0 aromatic heterocycles. The summed E-state index contributed by atoms with van der Waals surface area (Å²) in [5.41, 5.74) is 3.76. The van der Waals surface area contributed by atoms with Gasteiger partial charge in [0.25, 0.3) is 11.8 Å². The van der Waals surface area contributed by atoms with Crippen LogP contribution in [0.25, 0.3) is 11.1 Å². The van der Waals surface area contributed by atoms with Crippen LogP contribution in [0.15, 0.2) is 78.9 Å². The number of anilines is 1. The summed E-state index contributed by atoms with van der Waals surface area (Å²) < 4.78 is 0. The molecule has 0 bridgehead atoms. The Labute approximate surface area is 175 Å². The molecule has 0 aliphatic carbocycles. The molecular formula is C24H23N3O3. The molecule has 3 amide bonds. The lowest BCUT2D eigenvalue weighted by atomic mass is 10.0. The zero-order valence-corrected chi connectivity index (χ0v) is 16.6. The van der Waals surface area contributed by atoms with Gasteiger partial charge in [-0.15, -0.1) is 0 Å². The molecule has 3 rings (SSSR count). The van der Waals surface area contributed by atoms with Gasteiger partial charge in [-0.05, 0) is 47.5 Å². The predicted molar refractivity (Wildman–Crippen MR) is 117 cm³/mol.